The van der Waals surface area contributed by atoms with Crippen molar-refractivity contribution in [1.29, 1.82) is 0 Å². The van der Waals surface area contributed by atoms with Gasteiger partial charge in [0.05, 0.1) is 17.6 Å². The minimum Gasteiger partial charge on any atom is -0.342 e. The molecule has 3 heterocycles. The Morgan fingerprint density at radius 3 is 2.70 bits per heavy atom. The SMILES string of the molecule is CCN=C1/C(=C/c2ccc(-n3cnc(C)c3)c(CC)c2)CCC2CNCC(C)(c3ccc(F)c(F)c3)N12. The van der Waals surface area contributed by atoms with Crippen molar-refractivity contribution in [3.8, 4) is 5.69 Å². The highest BCUT2D eigenvalue weighted by molar-refractivity contribution is 6.03. The molecule has 0 saturated carbocycles. The van der Waals surface area contributed by atoms with Crippen molar-refractivity contribution in [2.45, 2.75) is 58.5 Å². The molecule has 3 aromatic rings. The van der Waals surface area contributed by atoms with E-state index in [4.69, 9.17) is 4.99 Å². The number of aromatic nitrogens is 2. The molecule has 5 nitrogen and oxygen atoms in total. The van der Waals surface area contributed by atoms with Crippen molar-refractivity contribution in [2.75, 3.05) is 19.6 Å². The molecule has 2 aliphatic rings. The summed E-state index contributed by atoms with van der Waals surface area (Å²) >= 11 is 0. The number of hydrogen-bond acceptors (Lipinski definition) is 3. The smallest absolute Gasteiger partial charge is 0.159 e. The number of piperidine rings is 1. The Morgan fingerprint density at radius 1 is 1.16 bits per heavy atom. The number of aryl methyl sites for hydroxylation is 2. The number of benzene rings is 2. The van der Waals surface area contributed by atoms with Crippen LogP contribution in [0.25, 0.3) is 11.8 Å². The lowest BCUT2D eigenvalue weighted by molar-refractivity contribution is 0.0837. The third-order valence-corrected chi connectivity index (χ3v) is 7.67. The minimum absolute atomic E-state index is 0.229. The fraction of sp³-hybridized carbons (Fsp3) is 0.400. The zero-order valence-corrected chi connectivity index (χ0v) is 22.1. The molecule has 0 radical (unpaired) electrons. The standard InChI is InChI=1S/C30H35F2N5/c1-5-22-13-21(7-12-28(22)36-17-20(3)35-19-36)14-23-8-10-25-16-33-18-30(4,37(25)29(23)34-6-2)24-9-11-26(31)27(32)15-24/h7,9,11-15,17,19,25,33H,5-6,8,10,16,18H2,1-4H3/b23-14+,34-29?. The van der Waals surface area contributed by atoms with Gasteiger partial charge >= 0.3 is 0 Å². The van der Waals surface area contributed by atoms with Crippen molar-refractivity contribution < 1.29 is 8.78 Å². The van der Waals surface area contributed by atoms with Gasteiger partial charge in [0.25, 0.3) is 0 Å². The van der Waals surface area contributed by atoms with Gasteiger partial charge in [0.2, 0.25) is 0 Å². The Kier molecular flexibility index (Phi) is 6.99. The largest absolute Gasteiger partial charge is 0.342 e. The molecule has 0 amide bonds. The summed E-state index contributed by atoms with van der Waals surface area (Å²) < 4.78 is 30.2. The van der Waals surface area contributed by atoms with Crippen molar-refractivity contribution in [2.24, 2.45) is 4.99 Å². The number of aliphatic imine (C=N–C) groups is 1. The number of rotatable bonds is 5. The second kappa shape index (κ2) is 10.2. The fourth-order valence-electron chi connectivity index (χ4n) is 5.81. The zero-order chi connectivity index (χ0) is 26.2. The molecule has 0 bridgehead atoms. The quantitative estimate of drug-likeness (QED) is 0.478. The molecule has 194 valence electrons. The molecule has 5 rings (SSSR count). The number of amidine groups is 1. The topological polar surface area (TPSA) is 45.5 Å². The third kappa shape index (κ3) is 4.73. The molecular weight excluding hydrogens is 468 g/mol. The molecule has 2 aromatic carbocycles. The Balaban J connectivity index is 1.55. The van der Waals surface area contributed by atoms with E-state index in [9.17, 15) is 8.78 Å². The van der Waals surface area contributed by atoms with Gasteiger partial charge in [-0.25, -0.2) is 13.8 Å². The van der Waals surface area contributed by atoms with Crippen LogP contribution in [-0.2, 0) is 12.0 Å². The molecule has 37 heavy (non-hydrogen) atoms. The summed E-state index contributed by atoms with van der Waals surface area (Å²) in [6.07, 6.45) is 8.95. The first-order valence-electron chi connectivity index (χ1n) is 13.2. The first-order valence-corrected chi connectivity index (χ1v) is 13.2. The monoisotopic (exact) mass is 503 g/mol. The summed E-state index contributed by atoms with van der Waals surface area (Å²) in [6, 6.07) is 11.1. The molecule has 7 heteroatoms. The van der Waals surface area contributed by atoms with E-state index in [-0.39, 0.29) is 6.04 Å². The maximum Gasteiger partial charge on any atom is 0.159 e. The van der Waals surface area contributed by atoms with Crippen LogP contribution >= 0.6 is 0 Å². The summed E-state index contributed by atoms with van der Waals surface area (Å²) in [4.78, 5) is 11.7. The fourth-order valence-corrected chi connectivity index (χ4v) is 5.81. The van der Waals surface area contributed by atoms with Gasteiger partial charge in [-0.3, -0.25) is 4.99 Å². The van der Waals surface area contributed by atoms with Gasteiger partial charge in [0.1, 0.15) is 5.84 Å². The van der Waals surface area contributed by atoms with Crippen molar-refractivity contribution in [1.82, 2.24) is 19.8 Å². The second-order valence-corrected chi connectivity index (χ2v) is 10.2. The van der Waals surface area contributed by atoms with Crippen LogP contribution in [0.1, 0.15) is 56.0 Å². The molecule has 2 fully saturated rings. The lowest BCUT2D eigenvalue weighted by Gasteiger charge is -2.54. The number of hydrogen-bond donors (Lipinski definition) is 1. The van der Waals surface area contributed by atoms with E-state index in [0.29, 0.717) is 13.1 Å². The number of halogens is 2. The van der Waals surface area contributed by atoms with Crippen LogP contribution in [0.3, 0.4) is 0 Å². The molecule has 1 aromatic heterocycles. The number of nitrogens with zero attached hydrogens (tertiary/aromatic N) is 4. The van der Waals surface area contributed by atoms with Gasteiger partial charge in [0.15, 0.2) is 11.6 Å². The number of nitrogens with one attached hydrogen (secondary N) is 1. The molecule has 0 aliphatic carbocycles. The van der Waals surface area contributed by atoms with Crippen LogP contribution in [0.15, 0.2) is 59.5 Å². The van der Waals surface area contributed by atoms with Gasteiger partial charge in [0, 0.05) is 37.6 Å². The summed E-state index contributed by atoms with van der Waals surface area (Å²) in [5.41, 5.74) is 5.91. The van der Waals surface area contributed by atoms with Crippen LogP contribution in [-0.4, -0.2) is 46.0 Å². The van der Waals surface area contributed by atoms with Crippen molar-refractivity contribution in [3.63, 3.8) is 0 Å². The van der Waals surface area contributed by atoms with E-state index in [0.717, 1.165) is 54.2 Å². The second-order valence-electron chi connectivity index (χ2n) is 10.2. The Bertz CT molecular complexity index is 1360. The minimum atomic E-state index is -0.824. The normalized spacial score (nSPS) is 24.1. The van der Waals surface area contributed by atoms with Crippen LogP contribution in [0.5, 0.6) is 0 Å². The van der Waals surface area contributed by atoms with Gasteiger partial charge in [-0.15, -0.1) is 0 Å². The highest BCUT2D eigenvalue weighted by Gasteiger charge is 2.45. The van der Waals surface area contributed by atoms with E-state index < -0.39 is 17.2 Å². The summed E-state index contributed by atoms with van der Waals surface area (Å²) in [5, 5.41) is 3.53. The van der Waals surface area contributed by atoms with Crippen molar-refractivity contribution in [3.05, 3.63) is 88.5 Å². The maximum atomic E-state index is 14.3. The third-order valence-electron chi connectivity index (χ3n) is 7.67. The van der Waals surface area contributed by atoms with Crippen LogP contribution in [0, 0.1) is 18.6 Å². The van der Waals surface area contributed by atoms with E-state index in [1.54, 1.807) is 6.07 Å². The Hall–Kier alpha value is -3.32. The van der Waals surface area contributed by atoms with Crippen LogP contribution in [0.2, 0.25) is 0 Å². The highest BCUT2D eigenvalue weighted by atomic mass is 19.2. The molecule has 1 N–H and O–H groups in total. The lowest BCUT2D eigenvalue weighted by Crippen LogP contribution is -2.66. The van der Waals surface area contributed by atoms with E-state index in [2.05, 4.69) is 57.9 Å². The predicted octanol–water partition coefficient (Wildman–Crippen LogP) is 5.81. The molecule has 0 spiro atoms. The van der Waals surface area contributed by atoms with Gasteiger partial charge in [-0.05, 0) is 92.6 Å². The Morgan fingerprint density at radius 2 is 2.00 bits per heavy atom. The molecule has 2 unspecified atom stereocenters. The van der Waals surface area contributed by atoms with Crippen molar-refractivity contribution >= 4 is 11.9 Å². The average Bonchev–Trinajstić information content (AvgIpc) is 3.33. The summed E-state index contributed by atoms with van der Waals surface area (Å²) in [7, 11) is 0. The van der Waals surface area contributed by atoms with Crippen LogP contribution in [0.4, 0.5) is 8.78 Å². The van der Waals surface area contributed by atoms with Crippen LogP contribution < -0.4 is 5.32 Å². The molecular formula is C30H35F2N5. The lowest BCUT2D eigenvalue weighted by atomic mass is 9.81. The van der Waals surface area contributed by atoms with E-state index in [1.807, 2.05) is 26.4 Å². The summed E-state index contributed by atoms with van der Waals surface area (Å²) in [5.74, 6) is -0.682. The number of imidazole rings is 1. The zero-order valence-electron chi connectivity index (χ0n) is 22.1. The Labute approximate surface area is 217 Å². The maximum absolute atomic E-state index is 14.3. The van der Waals surface area contributed by atoms with Gasteiger partial charge < -0.3 is 14.8 Å². The first kappa shape index (κ1) is 25.3. The average molecular weight is 504 g/mol. The van der Waals surface area contributed by atoms with E-state index in [1.165, 1.54) is 23.3 Å². The number of fused-ring (bicyclic) bond motifs is 1. The van der Waals surface area contributed by atoms with Gasteiger partial charge in [-0.2, -0.15) is 0 Å². The molecule has 2 atom stereocenters. The molecule has 2 saturated heterocycles. The number of piperazine rings is 1. The predicted molar refractivity (Wildman–Crippen MR) is 145 cm³/mol. The molecule has 2 aliphatic heterocycles. The van der Waals surface area contributed by atoms with Gasteiger partial charge in [-0.1, -0.05) is 19.1 Å². The van der Waals surface area contributed by atoms with E-state index >= 15 is 0 Å². The first-order chi connectivity index (χ1) is 17.8. The summed E-state index contributed by atoms with van der Waals surface area (Å²) in [6.45, 7) is 10.4. The highest BCUT2D eigenvalue weighted by Crippen LogP contribution is 2.39.